The van der Waals surface area contributed by atoms with E-state index in [2.05, 4.69) is 31.3 Å². The van der Waals surface area contributed by atoms with Crippen molar-refractivity contribution < 1.29 is 14.7 Å². The highest BCUT2D eigenvalue weighted by atomic mass is 79.9. The number of pyridine rings is 1. The van der Waals surface area contributed by atoms with E-state index >= 15 is 0 Å². The van der Waals surface area contributed by atoms with Gasteiger partial charge in [0.25, 0.3) is 5.91 Å². The van der Waals surface area contributed by atoms with Crippen LogP contribution in [0.2, 0.25) is 5.15 Å². The SMILES string of the molecule is Cn1cc(C(NC(=O)c2cc(Br)cnc2Cl)C(=O)O)cn1. The predicted molar refractivity (Wildman–Crippen MR) is 78.0 cm³/mol. The Morgan fingerprint density at radius 2 is 2.19 bits per heavy atom. The van der Waals surface area contributed by atoms with Crippen LogP contribution in [0.3, 0.4) is 0 Å². The van der Waals surface area contributed by atoms with Gasteiger partial charge in [-0.05, 0) is 22.0 Å². The zero-order valence-electron chi connectivity index (χ0n) is 10.7. The summed E-state index contributed by atoms with van der Waals surface area (Å²) in [7, 11) is 1.65. The second-order valence-electron chi connectivity index (χ2n) is 4.18. The molecule has 0 aliphatic rings. The number of nitrogens with one attached hydrogen (secondary N) is 1. The number of rotatable bonds is 4. The molecule has 110 valence electrons. The van der Waals surface area contributed by atoms with E-state index < -0.39 is 17.9 Å². The Labute approximate surface area is 133 Å². The van der Waals surface area contributed by atoms with Gasteiger partial charge in [0.2, 0.25) is 0 Å². The number of carbonyl (C=O) groups is 2. The van der Waals surface area contributed by atoms with Crippen LogP contribution in [0, 0.1) is 0 Å². The standard InChI is InChI=1S/C12H10BrClN4O3/c1-18-5-6(3-16-18)9(12(20)21)17-11(19)8-2-7(13)4-15-10(8)14/h2-5,9H,1H3,(H,17,19)(H,20,21). The molecule has 2 rings (SSSR count). The molecule has 1 atom stereocenters. The first kappa shape index (κ1) is 15.5. The van der Waals surface area contributed by atoms with Gasteiger partial charge < -0.3 is 10.4 Å². The van der Waals surface area contributed by atoms with Crippen molar-refractivity contribution in [1.29, 1.82) is 0 Å². The molecule has 0 aliphatic heterocycles. The van der Waals surface area contributed by atoms with Crippen molar-refractivity contribution >= 4 is 39.4 Å². The number of nitrogens with zero attached hydrogens (tertiary/aromatic N) is 3. The lowest BCUT2D eigenvalue weighted by molar-refractivity contribution is -0.139. The van der Waals surface area contributed by atoms with Crippen LogP contribution in [0.5, 0.6) is 0 Å². The van der Waals surface area contributed by atoms with Gasteiger partial charge in [0.15, 0.2) is 6.04 Å². The van der Waals surface area contributed by atoms with E-state index in [-0.39, 0.29) is 10.7 Å². The van der Waals surface area contributed by atoms with Gasteiger partial charge >= 0.3 is 5.97 Å². The van der Waals surface area contributed by atoms with Gasteiger partial charge in [0.05, 0.1) is 11.8 Å². The third kappa shape index (κ3) is 3.59. The maximum absolute atomic E-state index is 12.2. The van der Waals surface area contributed by atoms with E-state index in [1.54, 1.807) is 7.05 Å². The number of hydrogen-bond acceptors (Lipinski definition) is 4. The first-order chi connectivity index (χ1) is 9.88. The highest BCUT2D eigenvalue weighted by molar-refractivity contribution is 9.10. The van der Waals surface area contributed by atoms with E-state index in [4.69, 9.17) is 11.6 Å². The lowest BCUT2D eigenvalue weighted by Crippen LogP contribution is -2.33. The van der Waals surface area contributed by atoms with E-state index in [0.717, 1.165) is 0 Å². The molecule has 2 aromatic rings. The van der Waals surface area contributed by atoms with Crippen molar-refractivity contribution in [2.24, 2.45) is 7.05 Å². The lowest BCUT2D eigenvalue weighted by atomic mass is 10.1. The van der Waals surface area contributed by atoms with Gasteiger partial charge in [-0.1, -0.05) is 11.6 Å². The quantitative estimate of drug-likeness (QED) is 0.796. The fourth-order valence-corrected chi connectivity index (χ4v) is 2.19. The van der Waals surface area contributed by atoms with Crippen LogP contribution in [-0.4, -0.2) is 31.7 Å². The molecule has 9 heteroatoms. The van der Waals surface area contributed by atoms with E-state index in [1.165, 1.54) is 29.3 Å². The number of carbonyl (C=O) groups excluding carboxylic acids is 1. The summed E-state index contributed by atoms with van der Waals surface area (Å²) in [6.45, 7) is 0. The normalized spacial score (nSPS) is 12.0. The van der Waals surface area contributed by atoms with Crippen LogP contribution in [0.25, 0.3) is 0 Å². The Balaban J connectivity index is 2.27. The Hall–Kier alpha value is -1.93. The van der Waals surface area contributed by atoms with Crippen LogP contribution < -0.4 is 5.32 Å². The summed E-state index contributed by atoms with van der Waals surface area (Å²) < 4.78 is 2.01. The number of halogens is 2. The minimum atomic E-state index is -1.22. The topological polar surface area (TPSA) is 97.1 Å². The Morgan fingerprint density at radius 1 is 1.48 bits per heavy atom. The van der Waals surface area contributed by atoms with Gasteiger partial charge in [-0.15, -0.1) is 0 Å². The van der Waals surface area contributed by atoms with Crippen molar-refractivity contribution in [2.45, 2.75) is 6.04 Å². The van der Waals surface area contributed by atoms with Gasteiger partial charge in [0, 0.05) is 29.5 Å². The summed E-state index contributed by atoms with van der Waals surface area (Å²) in [4.78, 5) is 27.3. The largest absolute Gasteiger partial charge is 0.479 e. The fourth-order valence-electron chi connectivity index (χ4n) is 1.67. The summed E-state index contributed by atoms with van der Waals surface area (Å²) >= 11 is 9.02. The maximum atomic E-state index is 12.2. The first-order valence-corrected chi connectivity index (χ1v) is 6.89. The first-order valence-electron chi connectivity index (χ1n) is 5.71. The molecule has 0 bridgehead atoms. The molecule has 2 N–H and O–H groups in total. The van der Waals surface area contributed by atoms with Gasteiger partial charge in [-0.2, -0.15) is 5.10 Å². The lowest BCUT2D eigenvalue weighted by Gasteiger charge is -2.13. The van der Waals surface area contributed by atoms with E-state index in [1.807, 2.05) is 0 Å². The zero-order valence-corrected chi connectivity index (χ0v) is 13.1. The average molecular weight is 374 g/mol. The maximum Gasteiger partial charge on any atom is 0.331 e. The molecular formula is C12H10BrClN4O3. The number of aryl methyl sites for hydroxylation is 1. The molecule has 0 fully saturated rings. The van der Waals surface area contributed by atoms with Crippen LogP contribution in [0.15, 0.2) is 29.1 Å². The van der Waals surface area contributed by atoms with Crippen molar-refractivity contribution in [3.63, 3.8) is 0 Å². The van der Waals surface area contributed by atoms with Crippen molar-refractivity contribution in [1.82, 2.24) is 20.1 Å². The Kier molecular flexibility index (Phi) is 4.59. The second kappa shape index (κ2) is 6.23. The number of carboxylic acids is 1. The smallest absolute Gasteiger partial charge is 0.331 e. The van der Waals surface area contributed by atoms with Gasteiger partial charge in [-0.25, -0.2) is 9.78 Å². The molecule has 7 nitrogen and oxygen atoms in total. The van der Waals surface area contributed by atoms with Crippen molar-refractivity contribution in [3.8, 4) is 0 Å². The summed E-state index contributed by atoms with van der Waals surface area (Å²) in [5.74, 6) is -1.83. The molecule has 0 spiro atoms. The number of aromatic nitrogens is 3. The van der Waals surface area contributed by atoms with Crippen LogP contribution in [-0.2, 0) is 11.8 Å². The number of hydrogen-bond donors (Lipinski definition) is 2. The molecule has 21 heavy (non-hydrogen) atoms. The highest BCUT2D eigenvalue weighted by Gasteiger charge is 2.25. The van der Waals surface area contributed by atoms with E-state index in [9.17, 15) is 14.7 Å². The van der Waals surface area contributed by atoms with Gasteiger partial charge in [0.1, 0.15) is 5.15 Å². The molecule has 0 saturated heterocycles. The summed E-state index contributed by atoms with van der Waals surface area (Å²) in [5, 5.41) is 15.5. The van der Waals surface area contributed by atoms with Crippen molar-refractivity contribution in [3.05, 3.63) is 45.4 Å². The minimum Gasteiger partial charge on any atom is -0.479 e. The summed E-state index contributed by atoms with van der Waals surface area (Å²) in [6, 6.07) is 0.244. The monoisotopic (exact) mass is 372 g/mol. The third-order valence-electron chi connectivity index (χ3n) is 2.63. The van der Waals surface area contributed by atoms with Crippen LogP contribution in [0.4, 0.5) is 0 Å². The molecule has 0 aliphatic carbocycles. The zero-order chi connectivity index (χ0) is 15.6. The number of amides is 1. The summed E-state index contributed by atoms with van der Waals surface area (Å²) in [6.07, 6.45) is 4.33. The van der Waals surface area contributed by atoms with Crippen molar-refractivity contribution in [2.75, 3.05) is 0 Å². The number of carboxylic acid groups (broad SMARTS) is 1. The van der Waals surface area contributed by atoms with E-state index in [0.29, 0.717) is 10.0 Å². The molecule has 2 heterocycles. The molecule has 0 aromatic carbocycles. The predicted octanol–water partition coefficient (Wildman–Crippen LogP) is 1.79. The Bertz CT molecular complexity index is 704. The molecule has 0 radical (unpaired) electrons. The average Bonchev–Trinajstić information content (AvgIpc) is 2.84. The highest BCUT2D eigenvalue weighted by Crippen LogP contribution is 2.20. The Morgan fingerprint density at radius 3 is 2.76 bits per heavy atom. The van der Waals surface area contributed by atoms with Crippen LogP contribution in [0.1, 0.15) is 22.0 Å². The second-order valence-corrected chi connectivity index (χ2v) is 5.46. The fraction of sp³-hybridized carbons (Fsp3) is 0.167. The third-order valence-corrected chi connectivity index (χ3v) is 3.37. The summed E-state index contributed by atoms with van der Waals surface area (Å²) in [5.41, 5.74) is 0.443. The molecule has 1 amide bonds. The molecule has 0 saturated carbocycles. The minimum absolute atomic E-state index is 0.00831. The molecule has 1 unspecified atom stereocenters. The van der Waals surface area contributed by atoms with Crippen LogP contribution >= 0.6 is 27.5 Å². The molecule has 2 aromatic heterocycles. The number of aliphatic carboxylic acids is 1. The molecular weight excluding hydrogens is 364 g/mol. The van der Waals surface area contributed by atoms with Gasteiger partial charge in [-0.3, -0.25) is 9.48 Å².